The summed E-state index contributed by atoms with van der Waals surface area (Å²) in [6.07, 6.45) is 5.00. The van der Waals surface area contributed by atoms with Gasteiger partial charge < -0.3 is 0 Å². The number of hydrogen-bond acceptors (Lipinski definition) is 2. The van der Waals surface area contributed by atoms with Gasteiger partial charge in [-0.2, -0.15) is 0 Å². The molecule has 0 unspecified atom stereocenters. The summed E-state index contributed by atoms with van der Waals surface area (Å²) in [6.45, 7) is 3.64. The van der Waals surface area contributed by atoms with Crippen molar-refractivity contribution in [3.8, 4) is 0 Å². The van der Waals surface area contributed by atoms with E-state index in [0.29, 0.717) is 0 Å². The molecule has 0 aromatic carbocycles. The molecule has 0 aliphatic carbocycles. The molecular formula is C8H10OS. The topological polar surface area (TPSA) is 17.1 Å². The first kappa shape index (κ1) is 7.61. The third-order valence-electron chi connectivity index (χ3n) is 1.33. The fraction of sp³-hybridized carbons (Fsp3) is 0.375. The molecule has 0 aromatic heterocycles. The number of carbonyl (C=O) groups is 1. The molecule has 1 aliphatic heterocycles. The van der Waals surface area contributed by atoms with E-state index in [4.69, 9.17) is 0 Å². The molecule has 0 radical (unpaired) electrons. The Morgan fingerprint density at radius 3 is 2.70 bits per heavy atom. The lowest BCUT2D eigenvalue weighted by Crippen LogP contribution is -1.94. The van der Waals surface area contributed by atoms with Gasteiger partial charge in [-0.1, -0.05) is 23.9 Å². The Morgan fingerprint density at radius 2 is 2.30 bits per heavy atom. The van der Waals surface area contributed by atoms with Gasteiger partial charge in [0.2, 0.25) is 0 Å². The maximum Gasteiger partial charge on any atom is 0.166 e. The Morgan fingerprint density at radius 1 is 1.60 bits per heavy atom. The van der Waals surface area contributed by atoms with Gasteiger partial charge in [-0.15, -0.1) is 0 Å². The molecule has 0 saturated heterocycles. The lowest BCUT2D eigenvalue weighted by molar-refractivity contribution is -0.112. The predicted octanol–water partition coefficient (Wildman–Crippen LogP) is 2.50. The van der Waals surface area contributed by atoms with Gasteiger partial charge in [0.15, 0.2) is 5.78 Å². The summed E-state index contributed by atoms with van der Waals surface area (Å²) in [5.74, 6) is 0.178. The summed E-state index contributed by atoms with van der Waals surface area (Å²) in [6, 6.07) is 0. The number of ketones is 1. The smallest absolute Gasteiger partial charge is 0.166 e. The molecular weight excluding hydrogens is 144 g/mol. The van der Waals surface area contributed by atoms with Crippen LogP contribution in [0.5, 0.6) is 0 Å². The molecule has 0 atom stereocenters. The number of carbonyl (C=O) groups excluding carboxylic acids is 1. The van der Waals surface area contributed by atoms with Crippen molar-refractivity contribution in [3.05, 3.63) is 22.0 Å². The van der Waals surface area contributed by atoms with Crippen LogP contribution in [-0.2, 0) is 4.79 Å². The Labute approximate surface area is 65.2 Å². The van der Waals surface area contributed by atoms with Crippen molar-refractivity contribution < 1.29 is 4.79 Å². The average Bonchev–Trinajstić information content (AvgIpc) is 1.88. The summed E-state index contributed by atoms with van der Waals surface area (Å²) >= 11 is 1.57. The van der Waals surface area contributed by atoms with E-state index in [1.54, 1.807) is 18.7 Å². The highest BCUT2D eigenvalue weighted by molar-refractivity contribution is 8.07. The predicted molar refractivity (Wildman–Crippen MR) is 44.7 cm³/mol. The highest BCUT2D eigenvalue weighted by Gasteiger charge is 2.07. The van der Waals surface area contributed by atoms with Gasteiger partial charge in [0.25, 0.3) is 0 Å². The van der Waals surface area contributed by atoms with Crippen molar-refractivity contribution in [2.75, 3.05) is 0 Å². The quantitative estimate of drug-likeness (QED) is 0.577. The Kier molecular flexibility index (Phi) is 2.33. The standard InChI is InChI=1S/C8H10OS/c1-6-4-3-5-8(10-6)7(2)9/h4-5H,3H2,1-2H3. The molecule has 0 spiro atoms. The van der Waals surface area contributed by atoms with Gasteiger partial charge in [-0.3, -0.25) is 4.79 Å². The van der Waals surface area contributed by atoms with Crippen LogP contribution >= 0.6 is 11.8 Å². The second kappa shape index (κ2) is 3.06. The van der Waals surface area contributed by atoms with E-state index in [0.717, 1.165) is 11.3 Å². The molecule has 1 heterocycles. The second-order valence-corrected chi connectivity index (χ2v) is 3.57. The summed E-state index contributed by atoms with van der Waals surface area (Å²) in [5, 5.41) is 0. The van der Waals surface area contributed by atoms with Crippen molar-refractivity contribution >= 4 is 17.5 Å². The molecule has 0 aromatic rings. The zero-order chi connectivity index (χ0) is 7.56. The minimum Gasteiger partial charge on any atom is -0.294 e. The molecule has 0 fully saturated rings. The van der Waals surface area contributed by atoms with Crippen LogP contribution in [0.2, 0.25) is 0 Å². The lowest BCUT2D eigenvalue weighted by Gasteiger charge is -2.07. The number of allylic oxidation sites excluding steroid dienone is 4. The average molecular weight is 154 g/mol. The van der Waals surface area contributed by atoms with Crippen molar-refractivity contribution in [2.24, 2.45) is 0 Å². The Bertz CT molecular complexity index is 213. The SMILES string of the molecule is CC(=O)C1=CCC=C(C)S1. The zero-order valence-corrected chi connectivity index (χ0v) is 6.99. The first-order valence-electron chi connectivity index (χ1n) is 3.26. The van der Waals surface area contributed by atoms with E-state index in [9.17, 15) is 4.79 Å². The molecule has 2 heteroatoms. The third kappa shape index (κ3) is 1.74. The third-order valence-corrected chi connectivity index (χ3v) is 2.49. The van der Waals surface area contributed by atoms with Crippen LogP contribution in [0.4, 0.5) is 0 Å². The number of Topliss-reactive ketones (excluding diaryl/α,β-unsaturated/α-hetero) is 1. The molecule has 1 rings (SSSR count). The van der Waals surface area contributed by atoms with Crippen molar-refractivity contribution in [1.29, 1.82) is 0 Å². The largest absolute Gasteiger partial charge is 0.294 e. The monoisotopic (exact) mass is 154 g/mol. The van der Waals surface area contributed by atoms with Crippen LogP contribution in [0, 0.1) is 0 Å². The highest BCUT2D eigenvalue weighted by Crippen LogP contribution is 2.29. The van der Waals surface area contributed by atoms with E-state index >= 15 is 0 Å². The summed E-state index contributed by atoms with van der Waals surface area (Å²) in [7, 11) is 0. The van der Waals surface area contributed by atoms with Crippen molar-refractivity contribution in [1.82, 2.24) is 0 Å². The van der Waals surface area contributed by atoms with Crippen LogP contribution < -0.4 is 0 Å². The zero-order valence-electron chi connectivity index (χ0n) is 6.18. The van der Waals surface area contributed by atoms with Crippen LogP contribution in [0.1, 0.15) is 20.3 Å². The van der Waals surface area contributed by atoms with Gasteiger partial charge in [0.1, 0.15) is 0 Å². The fourth-order valence-electron chi connectivity index (χ4n) is 0.804. The van der Waals surface area contributed by atoms with E-state index in [-0.39, 0.29) is 5.78 Å². The van der Waals surface area contributed by atoms with Gasteiger partial charge in [-0.25, -0.2) is 0 Å². The first-order chi connectivity index (χ1) is 4.70. The molecule has 10 heavy (non-hydrogen) atoms. The van der Waals surface area contributed by atoms with Gasteiger partial charge in [-0.05, 0) is 25.2 Å². The summed E-state index contributed by atoms with van der Waals surface area (Å²) in [5.41, 5.74) is 0. The van der Waals surface area contributed by atoms with Crippen LogP contribution in [0.25, 0.3) is 0 Å². The number of thioether (sulfide) groups is 1. The molecule has 0 saturated carbocycles. The fourth-order valence-corrected chi connectivity index (χ4v) is 1.65. The highest BCUT2D eigenvalue weighted by atomic mass is 32.2. The van der Waals surface area contributed by atoms with E-state index in [1.165, 1.54) is 4.91 Å². The van der Waals surface area contributed by atoms with Gasteiger partial charge in [0, 0.05) is 0 Å². The molecule has 1 nitrogen and oxygen atoms in total. The number of rotatable bonds is 1. The molecule has 0 amide bonds. The van der Waals surface area contributed by atoms with E-state index in [1.807, 2.05) is 13.0 Å². The Balaban J connectivity index is 2.66. The molecule has 0 bridgehead atoms. The molecule has 54 valence electrons. The van der Waals surface area contributed by atoms with Crippen LogP contribution in [0.3, 0.4) is 0 Å². The lowest BCUT2D eigenvalue weighted by atomic mass is 10.3. The van der Waals surface area contributed by atoms with Gasteiger partial charge in [0.05, 0.1) is 4.91 Å². The Hall–Kier alpha value is -0.500. The normalized spacial score (nSPS) is 17.8. The van der Waals surface area contributed by atoms with Crippen molar-refractivity contribution in [2.45, 2.75) is 20.3 Å². The molecule has 0 N–H and O–H groups in total. The summed E-state index contributed by atoms with van der Waals surface area (Å²) < 4.78 is 0. The number of hydrogen-bond donors (Lipinski definition) is 0. The minimum atomic E-state index is 0.178. The second-order valence-electron chi connectivity index (χ2n) is 2.28. The van der Waals surface area contributed by atoms with Gasteiger partial charge >= 0.3 is 0 Å². The first-order valence-corrected chi connectivity index (χ1v) is 4.07. The van der Waals surface area contributed by atoms with Crippen molar-refractivity contribution in [3.63, 3.8) is 0 Å². The van der Waals surface area contributed by atoms with E-state index in [2.05, 4.69) is 6.08 Å². The molecule has 1 aliphatic rings. The maximum atomic E-state index is 10.8. The summed E-state index contributed by atoms with van der Waals surface area (Å²) in [4.78, 5) is 12.9. The van der Waals surface area contributed by atoms with Crippen LogP contribution in [-0.4, -0.2) is 5.78 Å². The minimum absolute atomic E-state index is 0.178. The van der Waals surface area contributed by atoms with E-state index < -0.39 is 0 Å². The maximum absolute atomic E-state index is 10.8. The van der Waals surface area contributed by atoms with Crippen LogP contribution in [0.15, 0.2) is 22.0 Å².